The van der Waals surface area contributed by atoms with Crippen LogP contribution in [-0.2, 0) is 13.0 Å². The molecule has 0 saturated carbocycles. The van der Waals surface area contributed by atoms with E-state index in [0.717, 1.165) is 35.8 Å². The number of thioether (sulfide) groups is 1. The van der Waals surface area contributed by atoms with Crippen LogP contribution in [0.2, 0.25) is 0 Å². The summed E-state index contributed by atoms with van der Waals surface area (Å²) in [5, 5.41) is 11.0. The van der Waals surface area contributed by atoms with Crippen LogP contribution in [0.3, 0.4) is 0 Å². The highest BCUT2D eigenvalue weighted by atomic mass is 32.2. The minimum atomic E-state index is -0.638. The van der Waals surface area contributed by atoms with Crippen molar-refractivity contribution < 1.29 is 5.11 Å². The summed E-state index contributed by atoms with van der Waals surface area (Å²) < 4.78 is 2.24. The third-order valence-electron chi connectivity index (χ3n) is 4.21. The molecule has 0 aliphatic carbocycles. The van der Waals surface area contributed by atoms with Crippen LogP contribution in [0.5, 0.6) is 0 Å². The average molecular weight is 304 g/mol. The lowest BCUT2D eigenvalue weighted by atomic mass is 9.80. The molecule has 1 fully saturated rings. The number of para-hydroxylation sites is 2. The number of nitrogens with zero attached hydrogens (tertiary/aromatic N) is 2. The van der Waals surface area contributed by atoms with Crippen LogP contribution < -0.4 is 0 Å². The molecule has 1 aromatic heterocycles. The van der Waals surface area contributed by atoms with E-state index < -0.39 is 5.60 Å². The first kappa shape index (κ1) is 14.9. The Morgan fingerprint density at radius 3 is 2.76 bits per heavy atom. The van der Waals surface area contributed by atoms with Crippen LogP contribution >= 0.6 is 11.8 Å². The number of rotatable bonds is 3. The van der Waals surface area contributed by atoms with Gasteiger partial charge in [0.1, 0.15) is 5.82 Å². The van der Waals surface area contributed by atoms with Crippen molar-refractivity contribution >= 4 is 22.8 Å². The first-order valence-corrected chi connectivity index (χ1v) is 8.82. The molecule has 114 valence electrons. The van der Waals surface area contributed by atoms with Crippen LogP contribution in [0.1, 0.15) is 33.0 Å². The van der Waals surface area contributed by atoms with E-state index in [-0.39, 0.29) is 5.41 Å². The van der Waals surface area contributed by atoms with Gasteiger partial charge < -0.3 is 9.67 Å². The lowest BCUT2D eigenvalue weighted by Crippen LogP contribution is -2.44. The highest BCUT2D eigenvalue weighted by molar-refractivity contribution is 7.99. The Kier molecular flexibility index (Phi) is 3.78. The normalized spacial score (nSPS) is 25.3. The standard InChI is InChI=1S/C17H24N2OS/c1-4-19-14-8-6-5-7-13(14)18-15(19)9-17(20)10-16(2,3)11-21-12-17/h5-8,20H,4,9-12H2,1-3H3. The molecule has 3 nitrogen and oxygen atoms in total. The van der Waals surface area contributed by atoms with E-state index in [0.29, 0.717) is 6.42 Å². The van der Waals surface area contributed by atoms with Gasteiger partial charge in [-0.2, -0.15) is 11.8 Å². The maximum absolute atomic E-state index is 11.0. The maximum atomic E-state index is 11.0. The van der Waals surface area contributed by atoms with Gasteiger partial charge >= 0.3 is 0 Å². The quantitative estimate of drug-likeness (QED) is 0.943. The third-order valence-corrected chi connectivity index (χ3v) is 5.94. The fourth-order valence-corrected chi connectivity index (χ4v) is 4.87. The summed E-state index contributed by atoms with van der Waals surface area (Å²) in [6, 6.07) is 8.23. The lowest BCUT2D eigenvalue weighted by Gasteiger charge is -2.41. The third kappa shape index (κ3) is 2.97. The highest BCUT2D eigenvalue weighted by Crippen LogP contribution is 2.40. The monoisotopic (exact) mass is 304 g/mol. The van der Waals surface area contributed by atoms with E-state index in [4.69, 9.17) is 4.98 Å². The van der Waals surface area contributed by atoms with E-state index in [1.165, 1.54) is 5.52 Å². The fraction of sp³-hybridized carbons (Fsp3) is 0.588. The van der Waals surface area contributed by atoms with E-state index in [2.05, 4.69) is 37.5 Å². The maximum Gasteiger partial charge on any atom is 0.112 e. The second kappa shape index (κ2) is 5.33. The Bertz CT molecular complexity index is 649. The molecule has 1 aromatic carbocycles. The number of fused-ring (bicyclic) bond motifs is 1. The first-order valence-electron chi connectivity index (χ1n) is 7.67. The summed E-state index contributed by atoms with van der Waals surface area (Å²) in [7, 11) is 0. The molecular weight excluding hydrogens is 280 g/mol. The molecule has 1 unspecified atom stereocenters. The smallest absolute Gasteiger partial charge is 0.112 e. The number of imidazole rings is 1. The Morgan fingerprint density at radius 1 is 1.29 bits per heavy atom. The number of aryl methyl sites for hydroxylation is 1. The van der Waals surface area contributed by atoms with Crippen molar-refractivity contribution in [3.8, 4) is 0 Å². The summed E-state index contributed by atoms with van der Waals surface area (Å²) in [4.78, 5) is 4.76. The molecule has 1 N–H and O–H groups in total. The van der Waals surface area contributed by atoms with Gasteiger partial charge in [0.05, 0.1) is 16.6 Å². The molecule has 0 radical (unpaired) electrons. The predicted octanol–water partition coefficient (Wildman–Crippen LogP) is 3.49. The molecule has 2 heterocycles. The molecule has 0 bridgehead atoms. The SMILES string of the molecule is CCn1c(CC2(O)CSCC(C)(C)C2)nc2ccccc21. The number of benzene rings is 1. The second-order valence-electron chi connectivity index (χ2n) is 7.00. The number of aliphatic hydroxyl groups is 1. The van der Waals surface area contributed by atoms with Crippen molar-refractivity contribution in [3.63, 3.8) is 0 Å². The summed E-state index contributed by atoms with van der Waals surface area (Å²) in [5.74, 6) is 2.95. The zero-order valence-electron chi connectivity index (χ0n) is 13.1. The van der Waals surface area contributed by atoms with Gasteiger partial charge in [-0.3, -0.25) is 0 Å². The van der Waals surface area contributed by atoms with Crippen LogP contribution in [0.25, 0.3) is 11.0 Å². The van der Waals surface area contributed by atoms with Gasteiger partial charge in [0, 0.05) is 18.7 Å². The van der Waals surface area contributed by atoms with E-state index in [1.54, 1.807) is 0 Å². The predicted molar refractivity (Wildman–Crippen MR) is 89.8 cm³/mol. The van der Waals surface area contributed by atoms with E-state index in [1.807, 2.05) is 23.9 Å². The molecule has 1 atom stereocenters. The van der Waals surface area contributed by atoms with Gasteiger partial charge in [-0.05, 0) is 36.6 Å². The van der Waals surface area contributed by atoms with Crippen LogP contribution in [0.4, 0.5) is 0 Å². The first-order chi connectivity index (χ1) is 9.92. The zero-order valence-corrected chi connectivity index (χ0v) is 13.9. The van der Waals surface area contributed by atoms with Crippen molar-refractivity contribution in [2.45, 2.75) is 45.8 Å². The largest absolute Gasteiger partial charge is 0.389 e. The molecule has 4 heteroatoms. The summed E-state index contributed by atoms with van der Waals surface area (Å²) in [6.07, 6.45) is 1.49. The minimum absolute atomic E-state index is 0.195. The fourth-order valence-electron chi connectivity index (χ4n) is 3.53. The second-order valence-corrected chi connectivity index (χ2v) is 7.98. The Morgan fingerprint density at radius 2 is 2.05 bits per heavy atom. The van der Waals surface area contributed by atoms with Crippen LogP contribution in [0, 0.1) is 5.41 Å². The zero-order chi connectivity index (χ0) is 15.1. The summed E-state index contributed by atoms with van der Waals surface area (Å²) >= 11 is 1.86. The lowest BCUT2D eigenvalue weighted by molar-refractivity contribution is 0.0177. The average Bonchev–Trinajstić information content (AvgIpc) is 2.73. The highest BCUT2D eigenvalue weighted by Gasteiger charge is 2.40. The van der Waals surface area contributed by atoms with Crippen molar-refractivity contribution in [3.05, 3.63) is 30.1 Å². The molecule has 21 heavy (non-hydrogen) atoms. The van der Waals surface area contributed by atoms with Gasteiger partial charge in [-0.25, -0.2) is 4.98 Å². The number of hydrogen-bond donors (Lipinski definition) is 1. The molecule has 0 spiro atoms. The van der Waals surface area contributed by atoms with E-state index >= 15 is 0 Å². The molecule has 1 aliphatic rings. The Hall–Kier alpha value is -1.00. The van der Waals surface area contributed by atoms with Crippen molar-refractivity contribution in [1.82, 2.24) is 9.55 Å². The van der Waals surface area contributed by atoms with Crippen molar-refractivity contribution in [2.75, 3.05) is 11.5 Å². The van der Waals surface area contributed by atoms with Gasteiger partial charge in [-0.1, -0.05) is 26.0 Å². The molecule has 1 saturated heterocycles. The molecule has 0 amide bonds. The minimum Gasteiger partial charge on any atom is -0.389 e. The summed E-state index contributed by atoms with van der Waals surface area (Å²) in [5.41, 5.74) is 1.75. The molecule has 1 aliphatic heterocycles. The van der Waals surface area contributed by atoms with Gasteiger partial charge in [-0.15, -0.1) is 0 Å². The topological polar surface area (TPSA) is 38.0 Å². The molecule has 2 aromatic rings. The van der Waals surface area contributed by atoms with Crippen LogP contribution in [-0.4, -0.2) is 31.8 Å². The van der Waals surface area contributed by atoms with Crippen molar-refractivity contribution in [1.29, 1.82) is 0 Å². The van der Waals surface area contributed by atoms with Gasteiger partial charge in [0.15, 0.2) is 0 Å². The van der Waals surface area contributed by atoms with Gasteiger partial charge in [0.2, 0.25) is 0 Å². The van der Waals surface area contributed by atoms with Crippen molar-refractivity contribution in [2.24, 2.45) is 5.41 Å². The summed E-state index contributed by atoms with van der Waals surface area (Å²) in [6.45, 7) is 7.52. The Labute approximate surface area is 130 Å². The number of hydrogen-bond acceptors (Lipinski definition) is 3. The molecular formula is C17H24N2OS. The van der Waals surface area contributed by atoms with E-state index in [9.17, 15) is 5.11 Å². The van der Waals surface area contributed by atoms with Crippen LogP contribution in [0.15, 0.2) is 24.3 Å². The Balaban J connectivity index is 1.94. The number of aromatic nitrogens is 2. The molecule has 3 rings (SSSR count). The van der Waals surface area contributed by atoms with Gasteiger partial charge in [0.25, 0.3) is 0 Å².